The maximum Gasteiger partial charge on any atom is 0.226 e. The molecule has 0 saturated carbocycles. The van der Waals surface area contributed by atoms with Crippen molar-refractivity contribution in [2.75, 3.05) is 13.2 Å². The summed E-state index contributed by atoms with van der Waals surface area (Å²) in [5.74, 6) is 0.228. The third kappa shape index (κ3) is 2.56. The first-order valence-electron chi connectivity index (χ1n) is 6.61. The van der Waals surface area contributed by atoms with Crippen LogP contribution >= 0.6 is 0 Å². The van der Waals surface area contributed by atoms with Crippen LogP contribution in [0.2, 0.25) is 0 Å². The second-order valence-corrected chi connectivity index (χ2v) is 5.22. The van der Waals surface area contributed by atoms with E-state index >= 15 is 0 Å². The molecule has 2 rings (SSSR count). The molecule has 98 valence electrons. The molecule has 0 saturated heterocycles. The quantitative estimate of drug-likeness (QED) is 0.878. The lowest BCUT2D eigenvalue weighted by Crippen LogP contribution is -2.42. The number of aliphatic hydroxyl groups excluding tert-OH is 1. The van der Waals surface area contributed by atoms with Crippen LogP contribution < -0.4 is 0 Å². The van der Waals surface area contributed by atoms with Gasteiger partial charge in [0.25, 0.3) is 0 Å². The zero-order valence-corrected chi connectivity index (χ0v) is 11.1. The van der Waals surface area contributed by atoms with E-state index < -0.39 is 0 Å². The van der Waals surface area contributed by atoms with Crippen LogP contribution in [-0.4, -0.2) is 35.1 Å². The number of fused-ring (bicyclic) bond motifs is 1. The van der Waals surface area contributed by atoms with Crippen molar-refractivity contribution in [1.82, 2.24) is 4.90 Å². The summed E-state index contributed by atoms with van der Waals surface area (Å²) in [6, 6.07) is 8.41. The van der Waals surface area contributed by atoms with Gasteiger partial charge in [-0.1, -0.05) is 24.3 Å². The van der Waals surface area contributed by atoms with Gasteiger partial charge in [0.2, 0.25) is 5.91 Å². The fourth-order valence-electron chi connectivity index (χ4n) is 2.70. The van der Waals surface area contributed by atoms with Gasteiger partial charge in [-0.15, -0.1) is 0 Å². The molecule has 1 amide bonds. The average Bonchev–Trinajstić information content (AvgIpc) is 2.78. The maximum absolute atomic E-state index is 12.5. The molecule has 18 heavy (non-hydrogen) atoms. The molecule has 0 fully saturated rings. The Hall–Kier alpha value is -1.35. The SMILES string of the molecule is CC(C)N(CCO)C(=O)C1Cc2ccccc2C1. The minimum Gasteiger partial charge on any atom is -0.395 e. The molecule has 1 aliphatic rings. The molecule has 0 atom stereocenters. The summed E-state index contributed by atoms with van der Waals surface area (Å²) in [5, 5.41) is 9.06. The van der Waals surface area contributed by atoms with E-state index in [1.165, 1.54) is 11.1 Å². The molecule has 1 aromatic carbocycles. The zero-order valence-electron chi connectivity index (χ0n) is 11.1. The van der Waals surface area contributed by atoms with E-state index in [1.807, 2.05) is 26.0 Å². The molecular formula is C15H21NO2. The van der Waals surface area contributed by atoms with Crippen LogP contribution in [0.25, 0.3) is 0 Å². The smallest absolute Gasteiger partial charge is 0.226 e. The average molecular weight is 247 g/mol. The first-order valence-corrected chi connectivity index (χ1v) is 6.61. The lowest BCUT2D eigenvalue weighted by atomic mass is 10.0. The van der Waals surface area contributed by atoms with Crippen molar-refractivity contribution in [3.05, 3.63) is 35.4 Å². The standard InChI is InChI=1S/C15H21NO2/c1-11(2)16(7-8-17)15(18)14-9-12-5-3-4-6-13(12)10-14/h3-6,11,14,17H,7-10H2,1-2H3. The van der Waals surface area contributed by atoms with Crippen molar-refractivity contribution >= 4 is 5.91 Å². The van der Waals surface area contributed by atoms with Crippen LogP contribution in [0.4, 0.5) is 0 Å². The Kier molecular flexibility index (Phi) is 4.02. The molecule has 1 aromatic rings. The summed E-state index contributed by atoms with van der Waals surface area (Å²) in [4.78, 5) is 14.2. The molecule has 0 heterocycles. The predicted molar refractivity (Wildman–Crippen MR) is 71.3 cm³/mol. The van der Waals surface area contributed by atoms with Crippen LogP contribution in [0.5, 0.6) is 0 Å². The van der Waals surface area contributed by atoms with Crippen LogP contribution in [0.15, 0.2) is 24.3 Å². The molecule has 0 aliphatic heterocycles. The van der Waals surface area contributed by atoms with Gasteiger partial charge in [-0.25, -0.2) is 0 Å². The summed E-state index contributed by atoms with van der Waals surface area (Å²) < 4.78 is 0. The Bertz CT molecular complexity index is 403. The zero-order chi connectivity index (χ0) is 13.1. The number of aliphatic hydroxyl groups is 1. The van der Waals surface area contributed by atoms with E-state index in [-0.39, 0.29) is 24.5 Å². The number of carbonyl (C=O) groups excluding carboxylic acids is 1. The van der Waals surface area contributed by atoms with Crippen molar-refractivity contribution in [3.63, 3.8) is 0 Å². The topological polar surface area (TPSA) is 40.5 Å². The van der Waals surface area contributed by atoms with E-state index in [4.69, 9.17) is 5.11 Å². The van der Waals surface area contributed by atoms with Gasteiger partial charge in [0.1, 0.15) is 0 Å². The Balaban J connectivity index is 2.08. The van der Waals surface area contributed by atoms with Crippen LogP contribution in [0, 0.1) is 5.92 Å². The Morgan fingerprint density at radius 2 is 1.89 bits per heavy atom. The van der Waals surface area contributed by atoms with E-state index in [2.05, 4.69) is 12.1 Å². The van der Waals surface area contributed by atoms with Crippen LogP contribution in [0.3, 0.4) is 0 Å². The van der Waals surface area contributed by atoms with E-state index in [1.54, 1.807) is 4.90 Å². The number of hydrogen-bond acceptors (Lipinski definition) is 2. The first kappa shape index (κ1) is 13.1. The fraction of sp³-hybridized carbons (Fsp3) is 0.533. The number of amides is 1. The van der Waals surface area contributed by atoms with E-state index in [9.17, 15) is 4.79 Å². The summed E-state index contributed by atoms with van der Waals surface area (Å²) in [6.07, 6.45) is 1.67. The van der Waals surface area contributed by atoms with Gasteiger partial charge in [-0.3, -0.25) is 4.79 Å². The first-order chi connectivity index (χ1) is 8.63. The molecule has 0 spiro atoms. The van der Waals surface area contributed by atoms with Gasteiger partial charge < -0.3 is 10.0 Å². The largest absolute Gasteiger partial charge is 0.395 e. The minimum absolute atomic E-state index is 0.0313. The molecule has 0 unspecified atom stereocenters. The number of rotatable bonds is 4. The fourth-order valence-corrected chi connectivity index (χ4v) is 2.70. The third-order valence-electron chi connectivity index (χ3n) is 3.65. The normalized spacial score (nSPS) is 14.9. The summed E-state index contributed by atoms with van der Waals surface area (Å²) >= 11 is 0. The third-order valence-corrected chi connectivity index (χ3v) is 3.65. The molecule has 0 radical (unpaired) electrons. The van der Waals surface area contributed by atoms with Crippen molar-refractivity contribution in [2.45, 2.75) is 32.7 Å². The van der Waals surface area contributed by atoms with Gasteiger partial charge in [0.15, 0.2) is 0 Å². The van der Waals surface area contributed by atoms with Crippen molar-refractivity contribution < 1.29 is 9.90 Å². The van der Waals surface area contributed by atoms with Crippen LogP contribution in [-0.2, 0) is 17.6 Å². The van der Waals surface area contributed by atoms with Gasteiger partial charge in [-0.05, 0) is 37.8 Å². The molecule has 1 N–H and O–H groups in total. The van der Waals surface area contributed by atoms with Gasteiger partial charge >= 0.3 is 0 Å². The highest BCUT2D eigenvalue weighted by atomic mass is 16.3. The Morgan fingerprint density at radius 1 is 1.33 bits per heavy atom. The number of carbonyl (C=O) groups is 1. The van der Waals surface area contributed by atoms with Gasteiger partial charge in [0.05, 0.1) is 6.61 Å². The van der Waals surface area contributed by atoms with Crippen molar-refractivity contribution in [2.24, 2.45) is 5.92 Å². The second kappa shape index (κ2) is 5.53. The van der Waals surface area contributed by atoms with Crippen LogP contribution in [0.1, 0.15) is 25.0 Å². The molecule has 3 nitrogen and oxygen atoms in total. The van der Waals surface area contributed by atoms with E-state index in [0.29, 0.717) is 6.54 Å². The molecule has 0 bridgehead atoms. The molecular weight excluding hydrogens is 226 g/mol. The highest BCUT2D eigenvalue weighted by Crippen LogP contribution is 2.28. The Labute approximate surface area is 108 Å². The summed E-state index contributed by atoms with van der Waals surface area (Å²) in [5.41, 5.74) is 2.59. The van der Waals surface area contributed by atoms with Crippen molar-refractivity contribution in [1.29, 1.82) is 0 Å². The molecule has 0 aromatic heterocycles. The molecule has 1 aliphatic carbocycles. The monoisotopic (exact) mass is 247 g/mol. The summed E-state index contributed by atoms with van der Waals surface area (Å²) in [7, 11) is 0. The number of benzene rings is 1. The second-order valence-electron chi connectivity index (χ2n) is 5.22. The highest BCUT2D eigenvalue weighted by Gasteiger charge is 2.31. The lowest BCUT2D eigenvalue weighted by molar-refractivity contribution is -0.137. The highest BCUT2D eigenvalue weighted by molar-refractivity contribution is 5.80. The number of nitrogens with zero attached hydrogens (tertiary/aromatic N) is 1. The number of hydrogen-bond donors (Lipinski definition) is 1. The van der Waals surface area contributed by atoms with Gasteiger partial charge in [-0.2, -0.15) is 0 Å². The minimum atomic E-state index is 0.0313. The maximum atomic E-state index is 12.5. The Morgan fingerprint density at radius 3 is 2.33 bits per heavy atom. The van der Waals surface area contributed by atoms with Crippen molar-refractivity contribution in [3.8, 4) is 0 Å². The van der Waals surface area contributed by atoms with Gasteiger partial charge in [0, 0.05) is 18.5 Å². The molecule has 3 heteroatoms. The van der Waals surface area contributed by atoms with E-state index in [0.717, 1.165) is 12.8 Å². The predicted octanol–water partition coefficient (Wildman–Crippen LogP) is 1.63. The summed E-state index contributed by atoms with van der Waals surface area (Å²) in [6.45, 7) is 4.46. The lowest BCUT2D eigenvalue weighted by Gasteiger charge is -2.28.